The van der Waals surface area contributed by atoms with Crippen molar-refractivity contribution in [2.75, 3.05) is 13.2 Å². The molecule has 1 unspecified atom stereocenters. The van der Waals surface area contributed by atoms with Crippen molar-refractivity contribution in [2.45, 2.75) is 44.5 Å². The SMILES string of the molecule is CCO[C@]1(O)CC(n2cc([N+](=O)[O-])nc2C)[C@H]2CO[C@@H]1O2. The van der Waals surface area contributed by atoms with Crippen LogP contribution >= 0.6 is 0 Å². The molecule has 0 aromatic carbocycles. The fourth-order valence-corrected chi connectivity index (χ4v) is 2.93. The van der Waals surface area contributed by atoms with E-state index in [2.05, 4.69) is 4.98 Å². The molecule has 1 aromatic rings. The lowest BCUT2D eigenvalue weighted by Gasteiger charge is -2.39. The van der Waals surface area contributed by atoms with E-state index in [0.29, 0.717) is 19.0 Å². The Kier molecular flexibility index (Phi) is 3.44. The van der Waals surface area contributed by atoms with Crippen molar-refractivity contribution in [2.24, 2.45) is 0 Å². The van der Waals surface area contributed by atoms with E-state index in [1.807, 2.05) is 0 Å². The van der Waals surface area contributed by atoms with Crippen LogP contribution in [-0.4, -0.2) is 51.0 Å². The molecule has 3 rings (SSSR count). The van der Waals surface area contributed by atoms with Gasteiger partial charge in [-0.3, -0.25) is 0 Å². The zero-order chi connectivity index (χ0) is 15.2. The summed E-state index contributed by atoms with van der Waals surface area (Å²) < 4.78 is 18.1. The van der Waals surface area contributed by atoms with Gasteiger partial charge in [0.25, 0.3) is 0 Å². The van der Waals surface area contributed by atoms with Crippen LogP contribution in [0.2, 0.25) is 0 Å². The van der Waals surface area contributed by atoms with Crippen molar-refractivity contribution < 1.29 is 24.2 Å². The number of imidazole rings is 1. The Morgan fingerprint density at radius 2 is 2.48 bits per heavy atom. The second-order valence-electron chi connectivity index (χ2n) is 5.20. The third-order valence-electron chi connectivity index (χ3n) is 3.85. The van der Waals surface area contributed by atoms with E-state index in [1.54, 1.807) is 18.4 Å². The minimum Gasteiger partial charge on any atom is -0.361 e. The highest BCUT2D eigenvalue weighted by atomic mass is 16.8. The highest BCUT2D eigenvalue weighted by Gasteiger charge is 2.55. The lowest BCUT2D eigenvalue weighted by atomic mass is 9.98. The zero-order valence-corrected chi connectivity index (χ0v) is 11.8. The Bertz CT molecular complexity index is 561. The van der Waals surface area contributed by atoms with E-state index in [1.165, 1.54) is 6.20 Å². The van der Waals surface area contributed by atoms with E-state index in [4.69, 9.17) is 14.2 Å². The fourth-order valence-electron chi connectivity index (χ4n) is 2.93. The van der Waals surface area contributed by atoms with Crippen molar-refractivity contribution in [1.82, 2.24) is 9.55 Å². The van der Waals surface area contributed by atoms with Gasteiger partial charge in [-0.25, -0.2) is 0 Å². The molecule has 1 N–H and O–H groups in total. The molecule has 9 nitrogen and oxygen atoms in total. The van der Waals surface area contributed by atoms with E-state index in [9.17, 15) is 15.2 Å². The molecule has 0 saturated carbocycles. The van der Waals surface area contributed by atoms with Gasteiger partial charge < -0.3 is 34.0 Å². The molecule has 2 fully saturated rings. The summed E-state index contributed by atoms with van der Waals surface area (Å²) in [6.07, 6.45) is 0.472. The molecule has 4 atom stereocenters. The summed E-state index contributed by atoms with van der Waals surface area (Å²) in [5.74, 6) is -1.30. The zero-order valence-electron chi connectivity index (χ0n) is 11.8. The van der Waals surface area contributed by atoms with Crippen molar-refractivity contribution in [3.63, 3.8) is 0 Å². The van der Waals surface area contributed by atoms with E-state index in [0.717, 1.165) is 0 Å². The minimum absolute atomic E-state index is 0.227. The van der Waals surface area contributed by atoms with Gasteiger partial charge in [-0.15, -0.1) is 0 Å². The van der Waals surface area contributed by atoms with Crippen LogP contribution in [0, 0.1) is 17.0 Å². The van der Waals surface area contributed by atoms with E-state index >= 15 is 0 Å². The number of hydrogen-bond donors (Lipinski definition) is 1. The number of aliphatic hydroxyl groups is 1. The van der Waals surface area contributed by atoms with Gasteiger partial charge in [-0.1, -0.05) is 0 Å². The van der Waals surface area contributed by atoms with Crippen LogP contribution < -0.4 is 0 Å². The molecule has 0 radical (unpaired) electrons. The second-order valence-corrected chi connectivity index (χ2v) is 5.20. The molecular formula is C12H17N3O6. The van der Waals surface area contributed by atoms with Crippen molar-refractivity contribution >= 4 is 5.82 Å². The van der Waals surface area contributed by atoms with Gasteiger partial charge in [0.2, 0.25) is 17.9 Å². The number of nitrogens with zero attached hydrogens (tertiary/aromatic N) is 3. The molecule has 116 valence electrons. The highest BCUT2D eigenvalue weighted by Crippen LogP contribution is 2.42. The lowest BCUT2D eigenvalue weighted by Crippen LogP contribution is -2.52. The fraction of sp³-hybridized carbons (Fsp3) is 0.750. The Labute approximate surface area is 120 Å². The molecular weight excluding hydrogens is 282 g/mol. The Morgan fingerprint density at radius 1 is 1.71 bits per heavy atom. The Balaban J connectivity index is 1.92. The summed E-state index contributed by atoms with van der Waals surface area (Å²) in [4.78, 5) is 14.2. The molecule has 0 aliphatic carbocycles. The largest absolute Gasteiger partial charge is 0.381 e. The molecule has 0 spiro atoms. The van der Waals surface area contributed by atoms with Gasteiger partial charge in [0, 0.05) is 20.0 Å². The summed E-state index contributed by atoms with van der Waals surface area (Å²) in [5, 5.41) is 21.4. The maximum atomic E-state index is 10.8. The van der Waals surface area contributed by atoms with Gasteiger partial charge in [0.1, 0.15) is 12.3 Å². The molecule has 2 saturated heterocycles. The van der Waals surface area contributed by atoms with Crippen LogP contribution in [0.25, 0.3) is 0 Å². The average molecular weight is 299 g/mol. The van der Waals surface area contributed by atoms with Gasteiger partial charge in [-0.05, 0) is 16.8 Å². The molecule has 9 heteroatoms. The first-order valence-corrected chi connectivity index (χ1v) is 6.78. The van der Waals surface area contributed by atoms with Crippen molar-refractivity contribution in [1.29, 1.82) is 0 Å². The smallest absolute Gasteiger partial charge is 0.361 e. The van der Waals surface area contributed by atoms with Gasteiger partial charge in [0.05, 0.1) is 12.6 Å². The molecule has 2 aliphatic heterocycles. The predicted octanol–water partition coefficient (Wildman–Crippen LogP) is 0.511. The van der Waals surface area contributed by atoms with Gasteiger partial charge >= 0.3 is 5.82 Å². The van der Waals surface area contributed by atoms with Gasteiger partial charge in [-0.2, -0.15) is 0 Å². The normalized spacial score (nSPS) is 35.1. The lowest BCUT2D eigenvalue weighted by molar-refractivity contribution is -0.389. The number of nitro groups is 1. The Morgan fingerprint density at radius 3 is 3.10 bits per heavy atom. The van der Waals surface area contributed by atoms with Crippen LogP contribution in [-0.2, 0) is 14.2 Å². The summed E-state index contributed by atoms with van der Waals surface area (Å²) in [6, 6.07) is -0.332. The summed E-state index contributed by atoms with van der Waals surface area (Å²) >= 11 is 0. The number of aryl methyl sites for hydroxylation is 1. The first-order valence-electron chi connectivity index (χ1n) is 6.78. The molecule has 21 heavy (non-hydrogen) atoms. The molecule has 3 heterocycles. The monoisotopic (exact) mass is 299 g/mol. The third-order valence-corrected chi connectivity index (χ3v) is 3.85. The second kappa shape index (κ2) is 5.02. The van der Waals surface area contributed by atoms with Crippen LogP contribution in [0.4, 0.5) is 5.82 Å². The molecule has 2 aliphatic rings. The summed E-state index contributed by atoms with van der Waals surface area (Å²) in [5.41, 5.74) is 0. The number of hydrogen-bond acceptors (Lipinski definition) is 7. The quantitative estimate of drug-likeness (QED) is 0.490. The van der Waals surface area contributed by atoms with Crippen LogP contribution in [0.3, 0.4) is 0 Å². The van der Waals surface area contributed by atoms with E-state index < -0.39 is 17.0 Å². The first-order chi connectivity index (χ1) is 9.94. The minimum atomic E-state index is -1.56. The number of ether oxygens (including phenoxy) is 3. The summed E-state index contributed by atoms with van der Waals surface area (Å²) in [7, 11) is 0. The van der Waals surface area contributed by atoms with Gasteiger partial charge in [0.15, 0.2) is 0 Å². The number of fused-ring (bicyclic) bond motifs is 2. The van der Waals surface area contributed by atoms with Crippen molar-refractivity contribution in [3.05, 3.63) is 22.1 Å². The van der Waals surface area contributed by atoms with Crippen LogP contribution in [0.15, 0.2) is 6.20 Å². The number of aromatic nitrogens is 2. The molecule has 0 amide bonds. The topological polar surface area (TPSA) is 109 Å². The van der Waals surface area contributed by atoms with Crippen LogP contribution in [0.5, 0.6) is 0 Å². The maximum Gasteiger partial charge on any atom is 0.381 e. The predicted molar refractivity (Wildman–Crippen MR) is 68.5 cm³/mol. The average Bonchev–Trinajstić information content (AvgIpc) is 3.01. The first kappa shape index (κ1) is 14.4. The summed E-state index contributed by atoms with van der Waals surface area (Å²) in [6.45, 7) is 4.05. The standard InChI is InChI=1S/C12H17N3O6/c1-3-20-12(16)4-8(9-6-19-11(12)21-9)14-5-10(15(17)18)13-7(14)2/h5,8-9,11,16H,3-4,6H2,1-2H3/t8?,9-,11-,12-/m1/s1. The van der Waals surface area contributed by atoms with E-state index in [-0.39, 0.29) is 24.4 Å². The maximum absolute atomic E-state index is 10.8. The number of rotatable bonds is 4. The van der Waals surface area contributed by atoms with Crippen LogP contribution in [0.1, 0.15) is 25.2 Å². The molecule has 2 bridgehead atoms. The molecule has 1 aromatic heterocycles. The Hall–Kier alpha value is -1.55. The van der Waals surface area contributed by atoms with Crippen molar-refractivity contribution in [3.8, 4) is 0 Å². The third kappa shape index (κ3) is 2.31. The highest BCUT2D eigenvalue weighted by molar-refractivity contribution is 5.18.